The molecule has 0 aliphatic carbocycles. The molecular weight excluding hydrogens is 294 g/mol. The summed E-state index contributed by atoms with van der Waals surface area (Å²) in [4.78, 5) is 19.3. The Morgan fingerprint density at radius 3 is 2.75 bits per heavy atom. The van der Waals surface area contributed by atoms with Crippen LogP contribution < -0.4 is 10.9 Å². The number of aryl methyl sites for hydroxylation is 1. The van der Waals surface area contributed by atoms with E-state index in [0.717, 1.165) is 10.5 Å². The number of nitrogens with one attached hydrogen (secondary N) is 2. The average molecular weight is 310 g/mol. The van der Waals surface area contributed by atoms with Crippen molar-refractivity contribution in [2.75, 3.05) is 7.05 Å². The minimum Gasteiger partial charge on any atom is -0.313 e. The molecule has 1 unspecified atom stereocenters. The summed E-state index contributed by atoms with van der Waals surface area (Å²) in [6, 6.07) is 7.59. The molecular formula is C14H16ClN3OS. The van der Waals surface area contributed by atoms with Gasteiger partial charge in [0.05, 0.1) is 5.02 Å². The van der Waals surface area contributed by atoms with E-state index in [4.69, 9.17) is 11.6 Å². The number of H-pyrrole nitrogens is 1. The molecule has 0 aliphatic heterocycles. The molecule has 1 aromatic carbocycles. The molecule has 0 spiro atoms. The fourth-order valence-corrected chi connectivity index (χ4v) is 2.89. The number of halogens is 1. The monoisotopic (exact) mass is 309 g/mol. The zero-order valence-corrected chi connectivity index (χ0v) is 13.1. The molecule has 106 valence electrons. The number of aromatic amines is 1. The zero-order valence-electron chi connectivity index (χ0n) is 11.5. The summed E-state index contributed by atoms with van der Waals surface area (Å²) in [5, 5.41) is 4.37. The van der Waals surface area contributed by atoms with Gasteiger partial charge < -0.3 is 10.3 Å². The molecule has 0 fully saturated rings. The van der Waals surface area contributed by atoms with Gasteiger partial charge in [-0.25, -0.2) is 4.98 Å². The summed E-state index contributed by atoms with van der Waals surface area (Å²) in [6.45, 7) is 3.86. The lowest BCUT2D eigenvalue weighted by atomic mass is 10.1. The Labute approximate surface area is 127 Å². The predicted octanol–water partition coefficient (Wildman–Crippen LogP) is 3.16. The maximum absolute atomic E-state index is 11.4. The lowest BCUT2D eigenvalue weighted by molar-refractivity contribution is 0.652. The second-order valence-electron chi connectivity index (χ2n) is 4.49. The molecule has 2 N–H and O–H groups in total. The molecule has 0 bridgehead atoms. The highest BCUT2D eigenvalue weighted by Crippen LogP contribution is 2.32. The number of nitrogens with zero attached hydrogens (tertiary/aromatic N) is 1. The van der Waals surface area contributed by atoms with Crippen molar-refractivity contribution in [2.45, 2.75) is 29.9 Å². The first kappa shape index (κ1) is 15.1. The van der Waals surface area contributed by atoms with Crippen LogP contribution in [0.25, 0.3) is 0 Å². The summed E-state index contributed by atoms with van der Waals surface area (Å²) in [6.07, 6.45) is 0. The van der Waals surface area contributed by atoms with Gasteiger partial charge in [0.2, 0.25) is 0 Å². The second kappa shape index (κ2) is 6.43. The van der Waals surface area contributed by atoms with Gasteiger partial charge in [-0.3, -0.25) is 4.79 Å². The lowest BCUT2D eigenvalue weighted by Crippen LogP contribution is -2.12. The highest BCUT2D eigenvalue weighted by Gasteiger charge is 2.09. The SMILES string of the molecule is CNC(C)c1ccc(Sc2nc(C)cc(=O)[nH]2)c(Cl)c1. The standard InChI is InChI=1S/C14H16ClN3OS/c1-8-6-13(19)18-14(17-8)20-12-5-4-10(7-11(12)15)9(2)16-3/h4-7,9,16H,1-3H3,(H,17,18,19). The van der Waals surface area contributed by atoms with Gasteiger partial charge in [-0.1, -0.05) is 29.4 Å². The predicted molar refractivity (Wildman–Crippen MR) is 82.6 cm³/mol. The van der Waals surface area contributed by atoms with Gasteiger partial charge in [0.1, 0.15) is 0 Å². The maximum atomic E-state index is 11.4. The number of aromatic nitrogens is 2. The van der Waals surface area contributed by atoms with Gasteiger partial charge in [-0.05, 0) is 38.6 Å². The fraction of sp³-hybridized carbons (Fsp3) is 0.286. The third-order valence-corrected chi connectivity index (χ3v) is 4.33. The van der Waals surface area contributed by atoms with Crippen LogP contribution in [0.3, 0.4) is 0 Å². The summed E-state index contributed by atoms with van der Waals surface area (Å²) in [5.74, 6) is 0. The number of rotatable bonds is 4. The fourth-order valence-electron chi connectivity index (χ4n) is 1.74. The van der Waals surface area contributed by atoms with E-state index in [2.05, 4.69) is 22.2 Å². The Morgan fingerprint density at radius 1 is 1.40 bits per heavy atom. The van der Waals surface area contributed by atoms with Crippen molar-refractivity contribution in [2.24, 2.45) is 0 Å². The van der Waals surface area contributed by atoms with Crippen molar-refractivity contribution in [3.05, 3.63) is 50.9 Å². The zero-order chi connectivity index (χ0) is 14.7. The lowest BCUT2D eigenvalue weighted by Gasteiger charge is -2.12. The van der Waals surface area contributed by atoms with Crippen molar-refractivity contribution in [1.29, 1.82) is 0 Å². The summed E-state index contributed by atoms with van der Waals surface area (Å²) in [5.41, 5.74) is 1.65. The Morgan fingerprint density at radius 2 is 2.15 bits per heavy atom. The molecule has 0 radical (unpaired) electrons. The molecule has 4 nitrogen and oxygen atoms in total. The van der Waals surface area contributed by atoms with Crippen LogP contribution in [0.5, 0.6) is 0 Å². The number of hydrogen-bond acceptors (Lipinski definition) is 4. The first-order chi connectivity index (χ1) is 9.49. The van der Waals surface area contributed by atoms with Gasteiger partial charge in [0.25, 0.3) is 5.56 Å². The van der Waals surface area contributed by atoms with Crippen LogP contribution >= 0.6 is 23.4 Å². The van der Waals surface area contributed by atoms with Crippen molar-refractivity contribution in [1.82, 2.24) is 15.3 Å². The van der Waals surface area contributed by atoms with Crippen LogP contribution in [-0.2, 0) is 0 Å². The van der Waals surface area contributed by atoms with Crippen molar-refractivity contribution >= 4 is 23.4 Å². The van der Waals surface area contributed by atoms with E-state index in [-0.39, 0.29) is 11.6 Å². The quantitative estimate of drug-likeness (QED) is 0.852. The molecule has 1 aromatic heterocycles. The van der Waals surface area contributed by atoms with Gasteiger partial charge in [-0.15, -0.1) is 0 Å². The van der Waals surface area contributed by atoms with Crippen LogP contribution in [0, 0.1) is 6.92 Å². The third kappa shape index (κ3) is 3.62. The van der Waals surface area contributed by atoms with Crippen LogP contribution in [0.15, 0.2) is 39.1 Å². The van der Waals surface area contributed by atoms with E-state index in [0.29, 0.717) is 15.9 Å². The van der Waals surface area contributed by atoms with Crippen LogP contribution in [0.2, 0.25) is 5.02 Å². The average Bonchev–Trinajstić information content (AvgIpc) is 2.39. The normalized spacial score (nSPS) is 12.4. The van der Waals surface area contributed by atoms with Gasteiger partial charge >= 0.3 is 0 Å². The topological polar surface area (TPSA) is 57.8 Å². The molecule has 20 heavy (non-hydrogen) atoms. The molecule has 1 heterocycles. The highest BCUT2D eigenvalue weighted by atomic mass is 35.5. The molecule has 0 aliphatic rings. The third-order valence-electron chi connectivity index (χ3n) is 2.94. The minimum atomic E-state index is -0.156. The molecule has 2 rings (SSSR count). The summed E-state index contributed by atoms with van der Waals surface area (Å²) in [7, 11) is 1.91. The van der Waals surface area contributed by atoms with E-state index in [1.165, 1.54) is 17.8 Å². The Balaban J connectivity index is 2.28. The van der Waals surface area contributed by atoms with E-state index >= 15 is 0 Å². The molecule has 2 aromatic rings. The Kier molecular flexibility index (Phi) is 4.86. The summed E-state index contributed by atoms with van der Waals surface area (Å²) >= 11 is 7.64. The smallest absolute Gasteiger partial charge is 0.251 e. The van der Waals surface area contributed by atoms with Crippen LogP contribution in [0.4, 0.5) is 0 Å². The molecule has 0 saturated carbocycles. The first-order valence-corrected chi connectivity index (χ1v) is 7.41. The van der Waals surface area contributed by atoms with Crippen molar-refractivity contribution in [3.63, 3.8) is 0 Å². The van der Waals surface area contributed by atoms with Crippen molar-refractivity contribution < 1.29 is 0 Å². The maximum Gasteiger partial charge on any atom is 0.251 e. The largest absolute Gasteiger partial charge is 0.313 e. The minimum absolute atomic E-state index is 0.156. The van der Waals surface area contributed by atoms with Crippen LogP contribution in [-0.4, -0.2) is 17.0 Å². The van der Waals surface area contributed by atoms with Crippen molar-refractivity contribution in [3.8, 4) is 0 Å². The highest BCUT2D eigenvalue weighted by molar-refractivity contribution is 7.99. The molecule has 6 heteroatoms. The molecule has 1 atom stereocenters. The molecule has 0 amide bonds. The first-order valence-electron chi connectivity index (χ1n) is 6.22. The van der Waals surface area contributed by atoms with E-state index < -0.39 is 0 Å². The van der Waals surface area contributed by atoms with Gasteiger partial charge in [0, 0.05) is 22.7 Å². The van der Waals surface area contributed by atoms with Gasteiger partial charge in [0.15, 0.2) is 5.16 Å². The molecule has 0 saturated heterocycles. The Hall–Kier alpha value is -1.30. The van der Waals surface area contributed by atoms with E-state index in [1.54, 1.807) is 6.92 Å². The van der Waals surface area contributed by atoms with Crippen LogP contribution in [0.1, 0.15) is 24.2 Å². The van der Waals surface area contributed by atoms with Gasteiger partial charge in [-0.2, -0.15) is 0 Å². The summed E-state index contributed by atoms with van der Waals surface area (Å²) < 4.78 is 0. The number of hydrogen-bond donors (Lipinski definition) is 2. The number of benzene rings is 1. The second-order valence-corrected chi connectivity index (χ2v) is 5.93. The Bertz CT molecular complexity index is 672. The van der Waals surface area contributed by atoms with E-state index in [9.17, 15) is 4.79 Å². The van der Waals surface area contributed by atoms with E-state index in [1.807, 2.05) is 25.2 Å².